The van der Waals surface area contributed by atoms with Crippen molar-refractivity contribution < 1.29 is 83.8 Å². The van der Waals surface area contributed by atoms with Crippen molar-refractivity contribution in [3.8, 4) is 0 Å². The normalized spacial score (nSPS) is 16.7. The number of alkyl halides is 18. The standard InChI is InChI=1S/C8F18O/c9-1(4(14,15)16,5(17,18)19)7(23,24)27-8(25,26)3(12,13)2(10,11)6(20,21)22. The van der Waals surface area contributed by atoms with Crippen molar-refractivity contribution in [1.82, 2.24) is 0 Å². The predicted molar refractivity (Wildman–Crippen MR) is 42.9 cm³/mol. The molecule has 0 aliphatic rings. The molecule has 0 aliphatic heterocycles. The molecular formula is C8F18O. The fourth-order valence-electron chi connectivity index (χ4n) is 1.15. The second-order valence-corrected chi connectivity index (χ2v) is 4.44. The van der Waals surface area contributed by atoms with Gasteiger partial charge in [-0.25, -0.2) is 9.13 Å². The minimum absolute atomic E-state index is 0.978. The van der Waals surface area contributed by atoms with Crippen molar-refractivity contribution in [2.45, 2.75) is 48.3 Å². The van der Waals surface area contributed by atoms with Crippen LogP contribution >= 0.6 is 0 Å². The molecule has 0 aromatic heterocycles. The van der Waals surface area contributed by atoms with Gasteiger partial charge in [0.15, 0.2) is 0 Å². The number of hydrogen-bond acceptors (Lipinski definition) is 1. The smallest absolute Gasteiger partial charge is 0.247 e. The minimum atomic E-state index is -8.19. The molecule has 0 amide bonds. The fraction of sp³-hybridized carbons (Fsp3) is 1.00. The summed E-state index contributed by atoms with van der Waals surface area (Å²) < 4.78 is 222. The van der Waals surface area contributed by atoms with E-state index in [1.54, 1.807) is 0 Å². The molecule has 0 saturated heterocycles. The van der Waals surface area contributed by atoms with Crippen LogP contribution in [0.4, 0.5) is 79.0 Å². The zero-order chi connectivity index (χ0) is 22.7. The molecule has 19 heteroatoms. The van der Waals surface area contributed by atoms with Crippen LogP contribution in [0.25, 0.3) is 0 Å². The van der Waals surface area contributed by atoms with Gasteiger partial charge in [-0.05, 0) is 0 Å². The van der Waals surface area contributed by atoms with Gasteiger partial charge in [-0.2, -0.15) is 74.6 Å². The van der Waals surface area contributed by atoms with Crippen LogP contribution < -0.4 is 0 Å². The third-order valence-electron chi connectivity index (χ3n) is 2.55. The van der Waals surface area contributed by atoms with Gasteiger partial charge in [-0.3, -0.25) is 0 Å². The largest absolute Gasteiger partial charge is 0.460 e. The van der Waals surface area contributed by atoms with Gasteiger partial charge < -0.3 is 0 Å². The summed E-state index contributed by atoms with van der Waals surface area (Å²) in [5.41, 5.74) is -8.19. The maximum absolute atomic E-state index is 12.9. The molecule has 0 unspecified atom stereocenters. The average molecular weight is 454 g/mol. The van der Waals surface area contributed by atoms with E-state index in [-0.39, 0.29) is 0 Å². The summed E-state index contributed by atoms with van der Waals surface area (Å²) in [4.78, 5) is 0. The second-order valence-electron chi connectivity index (χ2n) is 4.44. The van der Waals surface area contributed by atoms with Crippen LogP contribution in [-0.2, 0) is 4.74 Å². The molecule has 0 fully saturated rings. The van der Waals surface area contributed by atoms with Crippen LogP contribution in [0.5, 0.6) is 0 Å². The van der Waals surface area contributed by atoms with Crippen LogP contribution in [0.1, 0.15) is 0 Å². The maximum Gasteiger partial charge on any atom is 0.460 e. The van der Waals surface area contributed by atoms with E-state index in [2.05, 4.69) is 0 Å². The first-order valence-electron chi connectivity index (χ1n) is 5.31. The molecule has 0 radical (unpaired) electrons. The molecule has 0 aromatic rings. The molecule has 0 heterocycles. The van der Waals surface area contributed by atoms with Gasteiger partial charge in [-0.1, -0.05) is 0 Å². The number of hydrogen-bond donors (Lipinski definition) is 0. The van der Waals surface area contributed by atoms with E-state index < -0.39 is 48.3 Å². The molecule has 27 heavy (non-hydrogen) atoms. The summed E-state index contributed by atoms with van der Waals surface area (Å²) in [5.74, 6) is -16.2. The molecule has 0 atom stereocenters. The minimum Gasteiger partial charge on any atom is -0.247 e. The van der Waals surface area contributed by atoms with Crippen molar-refractivity contribution in [1.29, 1.82) is 0 Å². The van der Waals surface area contributed by atoms with Crippen LogP contribution in [0.3, 0.4) is 0 Å². The summed E-state index contributed by atoms with van der Waals surface area (Å²) in [5, 5.41) is 0. The maximum atomic E-state index is 12.9. The first-order chi connectivity index (χ1) is 11.2. The third-order valence-corrected chi connectivity index (χ3v) is 2.55. The van der Waals surface area contributed by atoms with Gasteiger partial charge in [0, 0.05) is 0 Å². The van der Waals surface area contributed by atoms with Crippen molar-refractivity contribution in [2.24, 2.45) is 0 Å². The van der Waals surface area contributed by atoms with Gasteiger partial charge in [0.1, 0.15) is 0 Å². The van der Waals surface area contributed by atoms with E-state index in [0.717, 1.165) is 4.74 Å². The summed E-state index contributed by atoms with van der Waals surface area (Å²) >= 11 is 0. The highest BCUT2D eigenvalue weighted by molar-refractivity contribution is 5.04. The second kappa shape index (κ2) is 6.10. The average Bonchev–Trinajstić information content (AvgIpc) is 2.31. The van der Waals surface area contributed by atoms with Gasteiger partial charge in [0.2, 0.25) is 0 Å². The lowest BCUT2D eigenvalue weighted by molar-refractivity contribution is -0.525. The first kappa shape index (κ1) is 25.7. The summed E-state index contributed by atoms with van der Waals surface area (Å²) in [6.45, 7) is 0. The van der Waals surface area contributed by atoms with E-state index in [9.17, 15) is 79.0 Å². The fourth-order valence-corrected chi connectivity index (χ4v) is 1.15. The highest BCUT2D eigenvalue weighted by Gasteiger charge is 2.90. The Morgan fingerprint density at radius 2 is 0.630 bits per heavy atom. The summed E-state index contributed by atoms with van der Waals surface area (Å²) in [6.07, 6.45) is -39.7. The quantitative estimate of drug-likeness (QED) is 0.474. The first-order valence-corrected chi connectivity index (χ1v) is 5.31. The number of ether oxygens (including phenoxy) is 1. The molecule has 164 valence electrons. The molecule has 0 N–H and O–H groups in total. The van der Waals surface area contributed by atoms with E-state index >= 15 is 0 Å². The van der Waals surface area contributed by atoms with E-state index in [1.165, 1.54) is 0 Å². The van der Waals surface area contributed by atoms with Crippen LogP contribution in [0.2, 0.25) is 0 Å². The van der Waals surface area contributed by atoms with Crippen LogP contribution in [0, 0.1) is 0 Å². The van der Waals surface area contributed by atoms with Crippen molar-refractivity contribution in [3.63, 3.8) is 0 Å². The molecular weight excluding hydrogens is 454 g/mol. The SMILES string of the molecule is FC(F)(F)C(F)(F)C(F)(F)C(F)(F)OC(F)(F)C(F)(C(F)(F)F)C(F)(F)F. The Bertz CT molecular complexity index is 519. The molecule has 0 saturated carbocycles. The van der Waals surface area contributed by atoms with E-state index in [0.29, 0.717) is 0 Å². The van der Waals surface area contributed by atoms with Crippen molar-refractivity contribution in [3.05, 3.63) is 0 Å². The Labute approximate surface area is 133 Å². The van der Waals surface area contributed by atoms with Gasteiger partial charge in [0.05, 0.1) is 0 Å². The zero-order valence-corrected chi connectivity index (χ0v) is 11.2. The molecule has 0 spiro atoms. The molecule has 0 aliphatic carbocycles. The molecule has 0 rings (SSSR count). The predicted octanol–water partition coefficient (Wildman–Crippen LogP) is 5.85. The lowest BCUT2D eigenvalue weighted by Gasteiger charge is -2.39. The Balaban J connectivity index is 6.39. The van der Waals surface area contributed by atoms with Gasteiger partial charge in [0.25, 0.3) is 0 Å². The van der Waals surface area contributed by atoms with Crippen molar-refractivity contribution >= 4 is 0 Å². The van der Waals surface area contributed by atoms with Crippen LogP contribution in [-0.4, -0.2) is 48.3 Å². The third kappa shape index (κ3) is 3.69. The zero-order valence-electron chi connectivity index (χ0n) is 11.2. The Kier molecular flexibility index (Phi) is 5.80. The Morgan fingerprint density at radius 1 is 0.333 bits per heavy atom. The highest BCUT2D eigenvalue weighted by Crippen LogP contribution is 2.59. The topological polar surface area (TPSA) is 9.23 Å². The lowest BCUT2D eigenvalue weighted by Crippen LogP contribution is -2.69. The monoisotopic (exact) mass is 454 g/mol. The molecule has 0 bridgehead atoms. The summed E-state index contributed by atoms with van der Waals surface area (Å²) in [6, 6.07) is 0. The Hall–Kier alpha value is -1.30. The number of halogens is 18. The lowest BCUT2D eigenvalue weighted by atomic mass is 10.0. The highest BCUT2D eigenvalue weighted by atomic mass is 19.4. The Morgan fingerprint density at radius 3 is 0.852 bits per heavy atom. The van der Waals surface area contributed by atoms with Gasteiger partial charge >= 0.3 is 48.3 Å². The van der Waals surface area contributed by atoms with Gasteiger partial charge in [-0.15, -0.1) is 0 Å². The molecule has 0 aromatic carbocycles. The number of rotatable bonds is 5. The van der Waals surface area contributed by atoms with E-state index in [4.69, 9.17) is 0 Å². The van der Waals surface area contributed by atoms with Crippen molar-refractivity contribution in [2.75, 3.05) is 0 Å². The molecule has 1 nitrogen and oxygen atoms in total. The van der Waals surface area contributed by atoms with E-state index in [1.807, 2.05) is 0 Å². The van der Waals surface area contributed by atoms with Crippen LogP contribution in [0.15, 0.2) is 0 Å². The summed E-state index contributed by atoms with van der Waals surface area (Å²) in [7, 11) is 0.